The molecule has 2 heterocycles. The van der Waals surface area contributed by atoms with Crippen LogP contribution < -0.4 is 5.32 Å². The van der Waals surface area contributed by atoms with E-state index in [0.717, 1.165) is 16.4 Å². The summed E-state index contributed by atoms with van der Waals surface area (Å²) >= 11 is 1.39. The van der Waals surface area contributed by atoms with Crippen molar-refractivity contribution < 1.29 is 0 Å². The minimum Gasteiger partial charge on any atom is -0.372 e. The normalized spacial score (nSPS) is 10.1. The maximum Gasteiger partial charge on any atom is 0.193 e. The standard InChI is InChI=1S/C10H11N5S/c1-7-3-13-10(14-4-7)16-9-6-12-5-8(11-2)15-9/h3-6H,1-2H3,(H,11,15). The van der Waals surface area contributed by atoms with Gasteiger partial charge in [-0.2, -0.15) is 0 Å². The van der Waals surface area contributed by atoms with Crippen LogP contribution in [-0.2, 0) is 0 Å². The van der Waals surface area contributed by atoms with Crippen molar-refractivity contribution in [3.8, 4) is 0 Å². The Morgan fingerprint density at radius 2 is 1.88 bits per heavy atom. The largest absolute Gasteiger partial charge is 0.372 e. The molecule has 2 rings (SSSR count). The van der Waals surface area contributed by atoms with Crippen LogP contribution in [0.25, 0.3) is 0 Å². The van der Waals surface area contributed by atoms with Gasteiger partial charge in [0.25, 0.3) is 0 Å². The first-order chi connectivity index (χ1) is 7.78. The lowest BCUT2D eigenvalue weighted by Crippen LogP contribution is -1.95. The summed E-state index contributed by atoms with van der Waals surface area (Å²) in [4.78, 5) is 16.8. The van der Waals surface area contributed by atoms with Gasteiger partial charge in [-0.1, -0.05) is 0 Å². The summed E-state index contributed by atoms with van der Waals surface area (Å²) in [5.41, 5.74) is 1.04. The Morgan fingerprint density at radius 3 is 2.56 bits per heavy atom. The Morgan fingerprint density at radius 1 is 1.12 bits per heavy atom. The topological polar surface area (TPSA) is 63.6 Å². The van der Waals surface area contributed by atoms with Crippen LogP contribution in [0, 0.1) is 6.92 Å². The van der Waals surface area contributed by atoms with Gasteiger partial charge in [0.15, 0.2) is 5.16 Å². The van der Waals surface area contributed by atoms with Crippen LogP contribution in [0.15, 0.2) is 35.0 Å². The second kappa shape index (κ2) is 4.89. The highest BCUT2D eigenvalue weighted by Gasteiger charge is 2.02. The predicted molar refractivity (Wildman–Crippen MR) is 62.5 cm³/mol. The van der Waals surface area contributed by atoms with Crippen molar-refractivity contribution in [3.05, 3.63) is 30.4 Å². The van der Waals surface area contributed by atoms with E-state index in [2.05, 4.69) is 25.3 Å². The molecule has 6 heteroatoms. The van der Waals surface area contributed by atoms with Gasteiger partial charge in [0, 0.05) is 19.4 Å². The molecule has 0 aromatic carbocycles. The van der Waals surface area contributed by atoms with Crippen LogP contribution in [0.4, 0.5) is 5.82 Å². The molecule has 0 saturated heterocycles. The molecule has 0 fully saturated rings. The summed E-state index contributed by atoms with van der Waals surface area (Å²) in [7, 11) is 1.81. The molecule has 0 spiro atoms. The molecule has 16 heavy (non-hydrogen) atoms. The molecule has 0 radical (unpaired) electrons. The number of rotatable bonds is 3. The molecule has 0 amide bonds. The third kappa shape index (κ3) is 2.66. The highest BCUT2D eigenvalue weighted by molar-refractivity contribution is 7.99. The number of hydrogen-bond acceptors (Lipinski definition) is 6. The van der Waals surface area contributed by atoms with E-state index in [1.54, 1.807) is 31.8 Å². The summed E-state index contributed by atoms with van der Waals surface area (Å²) in [5.74, 6) is 0.733. The summed E-state index contributed by atoms with van der Waals surface area (Å²) in [6.07, 6.45) is 6.92. The summed E-state index contributed by atoms with van der Waals surface area (Å²) < 4.78 is 0. The fourth-order valence-corrected chi connectivity index (χ4v) is 1.70. The number of anilines is 1. The molecule has 5 nitrogen and oxygen atoms in total. The number of hydrogen-bond donors (Lipinski definition) is 1. The van der Waals surface area contributed by atoms with Crippen LogP contribution in [0.3, 0.4) is 0 Å². The SMILES string of the molecule is CNc1cncc(Sc2ncc(C)cn2)n1. The summed E-state index contributed by atoms with van der Waals surface area (Å²) in [6, 6.07) is 0. The minimum absolute atomic E-state index is 0.674. The molecule has 1 N–H and O–H groups in total. The van der Waals surface area contributed by atoms with E-state index in [4.69, 9.17) is 0 Å². The van der Waals surface area contributed by atoms with Gasteiger partial charge in [-0.25, -0.2) is 15.0 Å². The molecule has 0 saturated carbocycles. The Kier molecular flexibility index (Phi) is 3.31. The van der Waals surface area contributed by atoms with Crippen molar-refractivity contribution in [1.29, 1.82) is 0 Å². The average Bonchev–Trinajstić information content (AvgIpc) is 2.32. The number of nitrogens with one attached hydrogen (secondary N) is 1. The van der Waals surface area contributed by atoms with E-state index in [0.29, 0.717) is 5.16 Å². The molecule has 0 aliphatic heterocycles. The smallest absolute Gasteiger partial charge is 0.193 e. The Hall–Kier alpha value is -1.69. The maximum absolute atomic E-state index is 4.32. The zero-order valence-corrected chi connectivity index (χ0v) is 9.82. The van der Waals surface area contributed by atoms with E-state index < -0.39 is 0 Å². The lowest BCUT2D eigenvalue weighted by Gasteiger charge is -2.01. The molecule has 2 aromatic heterocycles. The van der Waals surface area contributed by atoms with Gasteiger partial charge in [-0.05, 0) is 24.2 Å². The summed E-state index contributed by atoms with van der Waals surface area (Å²) in [6.45, 7) is 1.95. The van der Waals surface area contributed by atoms with Crippen molar-refractivity contribution in [2.24, 2.45) is 0 Å². The first-order valence-corrected chi connectivity index (χ1v) is 5.56. The van der Waals surface area contributed by atoms with Crippen molar-refractivity contribution in [2.75, 3.05) is 12.4 Å². The molecule has 0 aliphatic rings. The molecular weight excluding hydrogens is 222 g/mol. The molecule has 0 bridgehead atoms. The van der Waals surface area contributed by atoms with Crippen molar-refractivity contribution in [2.45, 2.75) is 17.1 Å². The first kappa shape index (κ1) is 10.8. The second-order valence-corrected chi connectivity index (χ2v) is 4.13. The van der Waals surface area contributed by atoms with Gasteiger partial charge < -0.3 is 5.32 Å². The van der Waals surface area contributed by atoms with E-state index >= 15 is 0 Å². The zero-order valence-electron chi connectivity index (χ0n) is 9.01. The minimum atomic E-state index is 0.674. The monoisotopic (exact) mass is 233 g/mol. The van der Waals surface area contributed by atoms with Crippen LogP contribution in [-0.4, -0.2) is 27.0 Å². The number of aryl methyl sites for hydroxylation is 1. The Bertz CT molecular complexity index is 471. The van der Waals surface area contributed by atoms with Crippen molar-refractivity contribution >= 4 is 17.6 Å². The Balaban J connectivity index is 2.16. The first-order valence-electron chi connectivity index (χ1n) is 4.74. The quantitative estimate of drug-likeness (QED) is 0.815. The van der Waals surface area contributed by atoms with Gasteiger partial charge >= 0.3 is 0 Å². The van der Waals surface area contributed by atoms with E-state index in [1.807, 2.05) is 6.92 Å². The molecule has 0 aliphatic carbocycles. The third-order valence-corrected chi connectivity index (χ3v) is 2.62. The van der Waals surface area contributed by atoms with Crippen molar-refractivity contribution in [1.82, 2.24) is 19.9 Å². The average molecular weight is 233 g/mol. The van der Waals surface area contributed by atoms with Gasteiger partial charge in [0.1, 0.15) is 10.8 Å². The van der Waals surface area contributed by atoms with Gasteiger partial charge in [-0.3, -0.25) is 4.98 Å². The third-order valence-electron chi connectivity index (χ3n) is 1.82. The zero-order chi connectivity index (χ0) is 11.4. The Labute approximate surface area is 97.8 Å². The highest BCUT2D eigenvalue weighted by Crippen LogP contribution is 2.22. The van der Waals surface area contributed by atoms with E-state index in [9.17, 15) is 0 Å². The van der Waals surface area contributed by atoms with Crippen LogP contribution in [0.1, 0.15) is 5.56 Å². The predicted octanol–water partition coefficient (Wildman–Crippen LogP) is 1.77. The fraction of sp³-hybridized carbons (Fsp3) is 0.200. The highest BCUT2D eigenvalue weighted by atomic mass is 32.2. The van der Waals surface area contributed by atoms with Crippen molar-refractivity contribution in [3.63, 3.8) is 0 Å². The maximum atomic E-state index is 4.32. The second-order valence-electron chi connectivity index (χ2n) is 3.14. The van der Waals surface area contributed by atoms with E-state index in [-0.39, 0.29) is 0 Å². The fourth-order valence-electron chi connectivity index (χ4n) is 1.04. The van der Waals surface area contributed by atoms with Crippen LogP contribution in [0.2, 0.25) is 0 Å². The van der Waals surface area contributed by atoms with Gasteiger partial charge in [0.05, 0.1) is 12.4 Å². The summed E-state index contributed by atoms with van der Waals surface area (Å²) in [5, 5.41) is 4.38. The lowest BCUT2D eigenvalue weighted by atomic mass is 10.4. The van der Waals surface area contributed by atoms with E-state index in [1.165, 1.54) is 11.8 Å². The molecule has 82 valence electrons. The molecule has 2 aromatic rings. The number of nitrogens with zero attached hydrogens (tertiary/aromatic N) is 4. The molecular formula is C10H11N5S. The van der Waals surface area contributed by atoms with Gasteiger partial charge in [0.2, 0.25) is 0 Å². The molecule has 0 atom stereocenters. The lowest BCUT2D eigenvalue weighted by molar-refractivity contribution is 0.941. The molecule has 0 unspecified atom stereocenters. The number of aromatic nitrogens is 4. The van der Waals surface area contributed by atoms with Gasteiger partial charge in [-0.15, -0.1) is 0 Å². The van der Waals surface area contributed by atoms with Crippen LogP contribution in [0.5, 0.6) is 0 Å². The van der Waals surface area contributed by atoms with Crippen LogP contribution >= 0.6 is 11.8 Å².